The summed E-state index contributed by atoms with van der Waals surface area (Å²) in [5.41, 5.74) is 6.39. The summed E-state index contributed by atoms with van der Waals surface area (Å²) in [6, 6.07) is 13.7. The van der Waals surface area contributed by atoms with Crippen LogP contribution in [0.2, 0.25) is 0 Å². The summed E-state index contributed by atoms with van der Waals surface area (Å²) in [6.45, 7) is 3.62. The monoisotopic (exact) mass is 403 g/mol. The number of primary amides is 1. The summed E-state index contributed by atoms with van der Waals surface area (Å²) in [5, 5.41) is 2.75. The van der Waals surface area contributed by atoms with Crippen molar-refractivity contribution in [2.24, 2.45) is 5.73 Å². The van der Waals surface area contributed by atoms with Crippen LogP contribution in [0.5, 0.6) is 0 Å². The molecule has 2 aromatic rings. The van der Waals surface area contributed by atoms with Crippen LogP contribution in [0.25, 0.3) is 0 Å². The van der Waals surface area contributed by atoms with Gasteiger partial charge in [0.2, 0.25) is 21.8 Å². The molecule has 0 aliphatic heterocycles. The molecule has 0 spiro atoms. The Hall–Kier alpha value is -2.71. The van der Waals surface area contributed by atoms with E-state index in [9.17, 15) is 18.0 Å². The molecule has 150 valence electrons. The average Bonchev–Trinajstić information content (AvgIpc) is 2.65. The Labute approximate surface area is 165 Å². The molecule has 4 N–H and O–H groups in total. The van der Waals surface area contributed by atoms with Crippen molar-refractivity contribution >= 4 is 21.8 Å². The smallest absolute Gasteiger partial charge is 0.248 e. The Kier molecular flexibility index (Phi) is 7.31. The van der Waals surface area contributed by atoms with E-state index in [0.29, 0.717) is 12.8 Å². The van der Waals surface area contributed by atoms with Gasteiger partial charge in [0.05, 0.1) is 4.90 Å². The standard InChI is InChI=1S/C20H25N3O4S/c1-14(2)22-20(25)18(13-8-15-6-4-3-5-7-15)23-28(26,27)17-11-9-16(10-12-17)19(21)24/h3-7,9-12,14,18,23H,8,13H2,1-2H3,(H2,21,24)(H,22,25). The van der Waals surface area contributed by atoms with Gasteiger partial charge in [-0.05, 0) is 56.5 Å². The predicted molar refractivity (Wildman–Crippen MR) is 107 cm³/mol. The van der Waals surface area contributed by atoms with Gasteiger partial charge >= 0.3 is 0 Å². The van der Waals surface area contributed by atoms with Crippen LogP contribution in [0.15, 0.2) is 59.5 Å². The molecule has 0 aliphatic rings. The highest BCUT2D eigenvalue weighted by molar-refractivity contribution is 7.89. The topological polar surface area (TPSA) is 118 Å². The third-order valence-electron chi connectivity index (χ3n) is 4.06. The van der Waals surface area contributed by atoms with Gasteiger partial charge in [0.25, 0.3) is 0 Å². The number of nitrogens with two attached hydrogens (primary N) is 1. The van der Waals surface area contributed by atoms with E-state index in [1.165, 1.54) is 24.3 Å². The van der Waals surface area contributed by atoms with Gasteiger partial charge in [-0.1, -0.05) is 30.3 Å². The molecule has 2 amide bonds. The number of carbonyl (C=O) groups excluding carboxylic acids is 2. The zero-order chi connectivity index (χ0) is 20.7. The van der Waals surface area contributed by atoms with Crippen LogP contribution in [0, 0.1) is 0 Å². The molecule has 2 rings (SSSR count). The number of aryl methyl sites for hydroxylation is 1. The highest BCUT2D eigenvalue weighted by atomic mass is 32.2. The lowest BCUT2D eigenvalue weighted by Crippen LogP contribution is -2.48. The van der Waals surface area contributed by atoms with Gasteiger partial charge in [-0.15, -0.1) is 0 Å². The SMILES string of the molecule is CC(C)NC(=O)C(CCc1ccccc1)NS(=O)(=O)c1ccc(C(N)=O)cc1. The van der Waals surface area contributed by atoms with Gasteiger partial charge in [0.1, 0.15) is 6.04 Å². The summed E-state index contributed by atoms with van der Waals surface area (Å²) in [5.74, 6) is -1.03. The van der Waals surface area contributed by atoms with E-state index in [-0.39, 0.29) is 22.4 Å². The van der Waals surface area contributed by atoms with E-state index in [1.54, 1.807) is 0 Å². The van der Waals surface area contributed by atoms with Crippen LogP contribution in [0.1, 0.15) is 36.2 Å². The maximum atomic E-state index is 12.7. The summed E-state index contributed by atoms with van der Waals surface area (Å²) < 4.78 is 27.9. The minimum absolute atomic E-state index is 0.0421. The number of sulfonamides is 1. The molecule has 0 radical (unpaired) electrons. The molecule has 0 heterocycles. The fraction of sp³-hybridized carbons (Fsp3) is 0.300. The van der Waals surface area contributed by atoms with Crippen molar-refractivity contribution in [3.63, 3.8) is 0 Å². The third kappa shape index (κ3) is 6.17. The normalized spacial score (nSPS) is 12.5. The highest BCUT2D eigenvalue weighted by Crippen LogP contribution is 2.13. The summed E-state index contributed by atoms with van der Waals surface area (Å²) >= 11 is 0. The number of benzene rings is 2. The summed E-state index contributed by atoms with van der Waals surface area (Å²) in [6.07, 6.45) is 0.849. The Bertz CT molecular complexity index is 910. The van der Waals surface area contributed by atoms with Crippen molar-refractivity contribution in [2.75, 3.05) is 0 Å². The maximum Gasteiger partial charge on any atom is 0.248 e. The molecule has 8 heteroatoms. The molecule has 0 aliphatic carbocycles. The molecule has 0 fully saturated rings. The third-order valence-corrected chi connectivity index (χ3v) is 5.55. The molecule has 1 unspecified atom stereocenters. The first-order valence-electron chi connectivity index (χ1n) is 8.95. The maximum absolute atomic E-state index is 12.7. The second-order valence-corrected chi connectivity index (χ2v) is 8.46. The summed E-state index contributed by atoms with van der Waals surface area (Å²) in [7, 11) is -3.95. The van der Waals surface area contributed by atoms with Gasteiger partial charge in [0, 0.05) is 11.6 Å². The number of carbonyl (C=O) groups is 2. The van der Waals surface area contributed by atoms with Crippen LogP contribution in [-0.2, 0) is 21.2 Å². The van der Waals surface area contributed by atoms with Gasteiger partial charge in [-0.25, -0.2) is 8.42 Å². The molecule has 28 heavy (non-hydrogen) atoms. The predicted octanol–water partition coefficient (Wildman–Crippen LogP) is 1.59. The Morgan fingerprint density at radius 1 is 1.00 bits per heavy atom. The lowest BCUT2D eigenvalue weighted by Gasteiger charge is -2.20. The number of amides is 2. The zero-order valence-electron chi connectivity index (χ0n) is 15.9. The van der Waals surface area contributed by atoms with E-state index in [4.69, 9.17) is 5.73 Å². The van der Waals surface area contributed by atoms with E-state index >= 15 is 0 Å². The van der Waals surface area contributed by atoms with Gasteiger partial charge in [-0.3, -0.25) is 9.59 Å². The minimum atomic E-state index is -3.95. The van der Waals surface area contributed by atoms with Gasteiger partial charge < -0.3 is 11.1 Å². The first kappa shape index (κ1) is 21.6. The Morgan fingerprint density at radius 2 is 1.61 bits per heavy atom. The second kappa shape index (κ2) is 9.48. The second-order valence-electron chi connectivity index (χ2n) is 6.75. The number of nitrogens with one attached hydrogen (secondary N) is 2. The first-order chi connectivity index (χ1) is 13.2. The van der Waals surface area contributed by atoms with E-state index in [0.717, 1.165) is 5.56 Å². The van der Waals surface area contributed by atoms with Crippen molar-refractivity contribution in [1.82, 2.24) is 10.0 Å². The summed E-state index contributed by atoms with van der Waals surface area (Å²) in [4.78, 5) is 23.6. The Morgan fingerprint density at radius 3 is 2.14 bits per heavy atom. The quantitative estimate of drug-likeness (QED) is 0.589. The molecule has 2 aromatic carbocycles. The fourth-order valence-corrected chi connectivity index (χ4v) is 3.87. The number of rotatable bonds is 9. The molecule has 0 aromatic heterocycles. The van der Waals surface area contributed by atoms with E-state index < -0.39 is 22.0 Å². The molecule has 0 bridgehead atoms. The Balaban J connectivity index is 2.19. The molecule has 0 saturated heterocycles. The van der Waals surface area contributed by atoms with E-state index in [2.05, 4.69) is 10.0 Å². The van der Waals surface area contributed by atoms with Crippen LogP contribution in [0.3, 0.4) is 0 Å². The molecular formula is C20H25N3O4S. The van der Waals surface area contributed by atoms with Crippen LogP contribution < -0.4 is 15.8 Å². The zero-order valence-corrected chi connectivity index (χ0v) is 16.7. The largest absolute Gasteiger partial charge is 0.366 e. The highest BCUT2D eigenvalue weighted by Gasteiger charge is 2.26. The van der Waals surface area contributed by atoms with Crippen molar-refractivity contribution < 1.29 is 18.0 Å². The van der Waals surface area contributed by atoms with Crippen LogP contribution >= 0.6 is 0 Å². The van der Waals surface area contributed by atoms with E-state index in [1.807, 2.05) is 44.2 Å². The van der Waals surface area contributed by atoms with Crippen molar-refractivity contribution in [1.29, 1.82) is 0 Å². The molecular weight excluding hydrogens is 378 g/mol. The van der Waals surface area contributed by atoms with Crippen molar-refractivity contribution in [3.05, 3.63) is 65.7 Å². The van der Waals surface area contributed by atoms with Crippen LogP contribution in [0.4, 0.5) is 0 Å². The van der Waals surface area contributed by atoms with Crippen molar-refractivity contribution in [3.8, 4) is 0 Å². The molecule has 0 saturated carbocycles. The lowest BCUT2D eigenvalue weighted by molar-refractivity contribution is -0.123. The molecule has 7 nitrogen and oxygen atoms in total. The number of hydrogen-bond donors (Lipinski definition) is 3. The average molecular weight is 404 g/mol. The number of hydrogen-bond acceptors (Lipinski definition) is 4. The van der Waals surface area contributed by atoms with Crippen LogP contribution in [-0.4, -0.2) is 32.3 Å². The lowest BCUT2D eigenvalue weighted by atomic mass is 10.1. The van der Waals surface area contributed by atoms with Crippen molar-refractivity contribution in [2.45, 2.75) is 43.7 Å². The van der Waals surface area contributed by atoms with Gasteiger partial charge in [0.15, 0.2) is 0 Å². The first-order valence-corrected chi connectivity index (χ1v) is 10.4. The van der Waals surface area contributed by atoms with Gasteiger partial charge in [-0.2, -0.15) is 4.72 Å². The fourth-order valence-electron chi connectivity index (χ4n) is 2.64. The molecule has 1 atom stereocenters. The minimum Gasteiger partial charge on any atom is -0.366 e.